The van der Waals surface area contributed by atoms with Gasteiger partial charge in [0.1, 0.15) is 4.34 Å². The van der Waals surface area contributed by atoms with Gasteiger partial charge in [-0.2, -0.15) is 0 Å². The summed E-state index contributed by atoms with van der Waals surface area (Å²) in [6.07, 6.45) is 2.55. The van der Waals surface area contributed by atoms with Crippen LogP contribution in [-0.4, -0.2) is 43.2 Å². The third-order valence-electron chi connectivity index (χ3n) is 2.40. The van der Waals surface area contributed by atoms with Gasteiger partial charge in [-0.3, -0.25) is 0 Å². The van der Waals surface area contributed by atoms with E-state index in [1.54, 1.807) is 29.3 Å². The summed E-state index contributed by atoms with van der Waals surface area (Å²) in [6.45, 7) is 0.838. The van der Waals surface area contributed by atoms with E-state index in [-0.39, 0.29) is 6.04 Å². The maximum Gasteiger partial charge on any atom is 0.151 e. The first kappa shape index (κ1) is 12.3. The topological polar surface area (TPSA) is 59.1 Å². The Morgan fingerprint density at radius 2 is 2.50 bits per heavy atom. The third-order valence-corrected chi connectivity index (χ3v) is 6.14. The standard InChI is InChI=1S/C9H14N2O2S3/c12-16(13)6-1-8(7-16)10-2-4-14-9-11-3-5-15-9/h3,5,8,10H,1-2,4,6-7H2. The third kappa shape index (κ3) is 3.73. The van der Waals surface area contributed by atoms with Gasteiger partial charge in [0, 0.05) is 29.9 Å². The second kappa shape index (κ2) is 5.48. The van der Waals surface area contributed by atoms with Crippen LogP contribution < -0.4 is 5.32 Å². The summed E-state index contributed by atoms with van der Waals surface area (Å²) >= 11 is 3.34. The molecule has 0 saturated carbocycles. The molecule has 0 aliphatic carbocycles. The van der Waals surface area contributed by atoms with E-state index in [0.717, 1.165) is 23.1 Å². The van der Waals surface area contributed by atoms with E-state index in [0.29, 0.717) is 11.5 Å². The molecule has 2 rings (SSSR count). The normalized spacial score (nSPS) is 23.6. The number of rotatable bonds is 5. The predicted octanol–water partition coefficient (Wildman–Crippen LogP) is 1.01. The van der Waals surface area contributed by atoms with Crippen molar-refractivity contribution in [1.29, 1.82) is 0 Å². The lowest BCUT2D eigenvalue weighted by atomic mass is 10.3. The molecule has 1 N–H and O–H groups in total. The Morgan fingerprint density at radius 3 is 3.12 bits per heavy atom. The molecule has 0 spiro atoms. The molecule has 1 unspecified atom stereocenters. The fourth-order valence-corrected chi connectivity index (χ4v) is 4.93. The number of hydrogen-bond acceptors (Lipinski definition) is 6. The zero-order valence-corrected chi connectivity index (χ0v) is 11.2. The number of nitrogens with one attached hydrogen (secondary N) is 1. The predicted molar refractivity (Wildman–Crippen MR) is 67.9 cm³/mol. The summed E-state index contributed by atoms with van der Waals surface area (Å²) in [7, 11) is -2.76. The van der Waals surface area contributed by atoms with Crippen molar-refractivity contribution < 1.29 is 8.42 Å². The summed E-state index contributed by atoms with van der Waals surface area (Å²) in [5.41, 5.74) is 0. The van der Waals surface area contributed by atoms with E-state index in [1.165, 1.54) is 0 Å². The van der Waals surface area contributed by atoms with Gasteiger partial charge in [-0.05, 0) is 6.42 Å². The highest BCUT2D eigenvalue weighted by Gasteiger charge is 2.26. The Bertz CT molecular complexity index is 416. The molecular weight excluding hydrogens is 264 g/mol. The molecule has 1 fully saturated rings. The number of aromatic nitrogens is 1. The first-order valence-electron chi connectivity index (χ1n) is 5.12. The van der Waals surface area contributed by atoms with Crippen molar-refractivity contribution in [1.82, 2.24) is 10.3 Å². The van der Waals surface area contributed by atoms with Crippen molar-refractivity contribution in [3.8, 4) is 0 Å². The number of sulfone groups is 1. The molecule has 0 radical (unpaired) electrons. The fraction of sp³-hybridized carbons (Fsp3) is 0.667. The smallest absolute Gasteiger partial charge is 0.151 e. The largest absolute Gasteiger partial charge is 0.312 e. The van der Waals surface area contributed by atoms with Crippen LogP contribution in [0.3, 0.4) is 0 Å². The molecule has 1 atom stereocenters. The number of thiazole rings is 1. The van der Waals surface area contributed by atoms with Crippen molar-refractivity contribution in [2.45, 2.75) is 16.8 Å². The van der Waals surface area contributed by atoms with Crippen LogP contribution in [0, 0.1) is 0 Å². The molecule has 1 aromatic heterocycles. The molecule has 1 aliphatic heterocycles. The van der Waals surface area contributed by atoms with Gasteiger partial charge in [-0.1, -0.05) is 11.8 Å². The van der Waals surface area contributed by atoms with Crippen LogP contribution in [0.2, 0.25) is 0 Å². The highest BCUT2D eigenvalue weighted by Crippen LogP contribution is 2.19. The zero-order valence-electron chi connectivity index (χ0n) is 8.76. The van der Waals surface area contributed by atoms with Gasteiger partial charge >= 0.3 is 0 Å². The van der Waals surface area contributed by atoms with E-state index in [9.17, 15) is 8.42 Å². The van der Waals surface area contributed by atoms with Crippen LogP contribution in [0.5, 0.6) is 0 Å². The fourth-order valence-electron chi connectivity index (χ4n) is 1.64. The van der Waals surface area contributed by atoms with Crippen LogP contribution in [-0.2, 0) is 9.84 Å². The van der Waals surface area contributed by atoms with Crippen molar-refractivity contribution in [3.05, 3.63) is 11.6 Å². The molecule has 0 bridgehead atoms. The van der Waals surface area contributed by atoms with Crippen molar-refractivity contribution in [3.63, 3.8) is 0 Å². The van der Waals surface area contributed by atoms with E-state index in [4.69, 9.17) is 0 Å². The molecule has 2 heterocycles. The SMILES string of the molecule is O=S1(=O)CCC(NCCSc2nccs2)C1. The van der Waals surface area contributed by atoms with Crippen molar-refractivity contribution >= 4 is 32.9 Å². The average molecular weight is 278 g/mol. The Labute approximate surface area is 104 Å². The Kier molecular flexibility index (Phi) is 4.23. The molecule has 1 saturated heterocycles. The average Bonchev–Trinajstić information content (AvgIpc) is 2.82. The lowest BCUT2D eigenvalue weighted by Crippen LogP contribution is -2.31. The molecular formula is C9H14N2O2S3. The summed E-state index contributed by atoms with van der Waals surface area (Å²) in [4.78, 5) is 4.17. The summed E-state index contributed by atoms with van der Waals surface area (Å²) < 4.78 is 23.5. The highest BCUT2D eigenvalue weighted by molar-refractivity contribution is 8.01. The van der Waals surface area contributed by atoms with E-state index < -0.39 is 9.84 Å². The van der Waals surface area contributed by atoms with Crippen LogP contribution in [0.1, 0.15) is 6.42 Å². The number of thioether (sulfide) groups is 1. The summed E-state index contributed by atoms with van der Waals surface area (Å²) in [6, 6.07) is 0.155. The minimum Gasteiger partial charge on any atom is -0.312 e. The van der Waals surface area contributed by atoms with Crippen LogP contribution >= 0.6 is 23.1 Å². The Balaban J connectivity index is 1.62. The quantitative estimate of drug-likeness (QED) is 0.643. The highest BCUT2D eigenvalue weighted by atomic mass is 32.2. The van der Waals surface area contributed by atoms with Gasteiger partial charge < -0.3 is 5.32 Å². The van der Waals surface area contributed by atoms with Crippen LogP contribution in [0.4, 0.5) is 0 Å². The molecule has 0 aromatic carbocycles. The minimum absolute atomic E-state index is 0.155. The number of nitrogens with zero attached hydrogens (tertiary/aromatic N) is 1. The minimum atomic E-state index is -2.76. The molecule has 4 nitrogen and oxygen atoms in total. The Hall–Kier alpha value is -0.110. The molecule has 1 aromatic rings. The molecule has 90 valence electrons. The second-order valence-electron chi connectivity index (χ2n) is 3.70. The second-order valence-corrected chi connectivity index (χ2v) is 8.17. The van der Waals surface area contributed by atoms with Crippen LogP contribution in [0.15, 0.2) is 15.9 Å². The van der Waals surface area contributed by atoms with E-state index in [1.807, 2.05) is 5.38 Å². The maximum absolute atomic E-state index is 11.2. The lowest BCUT2D eigenvalue weighted by Gasteiger charge is -2.09. The van der Waals surface area contributed by atoms with Crippen molar-refractivity contribution in [2.75, 3.05) is 23.8 Å². The molecule has 1 aliphatic rings. The van der Waals surface area contributed by atoms with Gasteiger partial charge in [-0.25, -0.2) is 13.4 Å². The van der Waals surface area contributed by atoms with Gasteiger partial charge in [0.15, 0.2) is 9.84 Å². The number of hydrogen-bond donors (Lipinski definition) is 1. The van der Waals surface area contributed by atoms with Gasteiger partial charge in [0.2, 0.25) is 0 Å². The summed E-state index contributed by atoms with van der Waals surface area (Å²) in [5.74, 6) is 1.57. The Morgan fingerprint density at radius 1 is 1.62 bits per heavy atom. The van der Waals surface area contributed by atoms with Gasteiger partial charge in [0.05, 0.1) is 11.5 Å². The van der Waals surface area contributed by atoms with Crippen molar-refractivity contribution in [2.24, 2.45) is 0 Å². The van der Waals surface area contributed by atoms with E-state index >= 15 is 0 Å². The molecule has 7 heteroatoms. The molecule has 16 heavy (non-hydrogen) atoms. The van der Waals surface area contributed by atoms with Crippen LogP contribution in [0.25, 0.3) is 0 Å². The lowest BCUT2D eigenvalue weighted by molar-refractivity contribution is 0.575. The first-order valence-corrected chi connectivity index (χ1v) is 8.80. The van der Waals surface area contributed by atoms with E-state index in [2.05, 4.69) is 10.3 Å². The monoisotopic (exact) mass is 278 g/mol. The van der Waals surface area contributed by atoms with Gasteiger partial charge in [-0.15, -0.1) is 11.3 Å². The maximum atomic E-state index is 11.2. The zero-order chi connectivity index (χ0) is 11.4. The first-order chi connectivity index (χ1) is 7.66. The molecule has 0 amide bonds. The van der Waals surface area contributed by atoms with Gasteiger partial charge in [0.25, 0.3) is 0 Å². The summed E-state index contributed by atoms with van der Waals surface area (Å²) in [5, 5.41) is 5.23.